The summed E-state index contributed by atoms with van der Waals surface area (Å²) < 4.78 is 4.91. The van der Waals surface area contributed by atoms with Crippen LogP contribution in [0.5, 0.6) is 0 Å². The van der Waals surface area contributed by atoms with Gasteiger partial charge in [0.15, 0.2) is 0 Å². The molecule has 5 heteroatoms. The summed E-state index contributed by atoms with van der Waals surface area (Å²) in [5.41, 5.74) is 2.01. The van der Waals surface area contributed by atoms with Gasteiger partial charge in [0.1, 0.15) is 6.54 Å². The van der Waals surface area contributed by atoms with Gasteiger partial charge in [0, 0.05) is 12.4 Å². The molecule has 0 aliphatic carbocycles. The third-order valence-electron chi connectivity index (χ3n) is 2.48. The second kappa shape index (κ2) is 7.64. The first-order valence-electron chi connectivity index (χ1n) is 5.79. The van der Waals surface area contributed by atoms with Crippen molar-refractivity contribution in [2.45, 2.75) is 13.3 Å². The molecule has 0 spiro atoms. The molecule has 3 nitrogen and oxygen atoms in total. The van der Waals surface area contributed by atoms with Crippen LogP contribution in [0.3, 0.4) is 0 Å². The molecule has 18 heavy (non-hydrogen) atoms. The third kappa shape index (κ3) is 4.50. The predicted molar refractivity (Wildman–Crippen MR) is 78.9 cm³/mol. The van der Waals surface area contributed by atoms with Crippen LogP contribution in [-0.2, 0) is 16.0 Å². The lowest BCUT2D eigenvalue weighted by Gasteiger charge is -2.19. The quantitative estimate of drug-likeness (QED) is 0.590. The minimum atomic E-state index is -0.249. The van der Waals surface area contributed by atoms with Crippen molar-refractivity contribution in [2.24, 2.45) is 0 Å². The van der Waals surface area contributed by atoms with Crippen LogP contribution in [0.15, 0.2) is 18.2 Å². The Bertz CT molecular complexity index is 412. The van der Waals surface area contributed by atoms with Crippen LogP contribution in [0.4, 0.5) is 5.69 Å². The van der Waals surface area contributed by atoms with Crippen molar-refractivity contribution in [1.29, 1.82) is 0 Å². The van der Waals surface area contributed by atoms with Crippen LogP contribution in [-0.4, -0.2) is 31.5 Å². The first-order chi connectivity index (χ1) is 8.58. The first kappa shape index (κ1) is 15.3. The molecule has 1 aromatic rings. The van der Waals surface area contributed by atoms with Crippen molar-refractivity contribution in [3.63, 3.8) is 0 Å². The molecule has 0 fully saturated rings. The number of carbonyl (C=O) groups is 1. The standard InChI is InChI=1S/C13H17BrClNO2/c1-3-18-13(17)9-16(2)12-5-4-10(6-7-14)8-11(12)15/h4-5,8H,3,6-7,9H2,1-2H3. The summed E-state index contributed by atoms with van der Waals surface area (Å²) in [6.07, 6.45) is 0.932. The Kier molecular flexibility index (Phi) is 6.50. The second-order valence-corrected chi connectivity index (χ2v) is 5.09. The Morgan fingerprint density at radius 3 is 2.78 bits per heavy atom. The van der Waals surface area contributed by atoms with E-state index in [2.05, 4.69) is 15.9 Å². The minimum Gasteiger partial charge on any atom is -0.465 e. The van der Waals surface area contributed by atoms with Crippen molar-refractivity contribution in [1.82, 2.24) is 0 Å². The Morgan fingerprint density at radius 1 is 1.50 bits per heavy atom. The molecule has 0 aliphatic rings. The molecule has 0 aliphatic heterocycles. The van der Waals surface area contributed by atoms with Crippen LogP contribution in [0.25, 0.3) is 0 Å². The van der Waals surface area contributed by atoms with E-state index in [1.54, 1.807) is 11.8 Å². The highest BCUT2D eigenvalue weighted by Gasteiger charge is 2.11. The van der Waals surface area contributed by atoms with Gasteiger partial charge in [-0.25, -0.2) is 0 Å². The molecule has 1 rings (SSSR count). The van der Waals surface area contributed by atoms with Gasteiger partial charge < -0.3 is 9.64 Å². The van der Waals surface area contributed by atoms with Gasteiger partial charge in [-0.3, -0.25) is 4.79 Å². The van der Waals surface area contributed by atoms with Gasteiger partial charge in [-0.15, -0.1) is 0 Å². The summed E-state index contributed by atoms with van der Waals surface area (Å²) in [7, 11) is 1.82. The van der Waals surface area contributed by atoms with Crippen LogP contribution in [0, 0.1) is 0 Å². The minimum absolute atomic E-state index is 0.200. The molecular formula is C13H17BrClNO2. The highest BCUT2D eigenvalue weighted by Crippen LogP contribution is 2.26. The van der Waals surface area contributed by atoms with E-state index in [0.717, 1.165) is 17.4 Å². The molecule has 0 radical (unpaired) electrons. The van der Waals surface area contributed by atoms with E-state index in [-0.39, 0.29) is 12.5 Å². The van der Waals surface area contributed by atoms with Crippen molar-refractivity contribution < 1.29 is 9.53 Å². The molecule has 0 aromatic heterocycles. The number of aryl methyl sites for hydroxylation is 1. The van der Waals surface area contributed by atoms with Gasteiger partial charge >= 0.3 is 5.97 Å². The van der Waals surface area contributed by atoms with Crippen LogP contribution in [0.2, 0.25) is 5.02 Å². The summed E-state index contributed by atoms with van der Waals surface area (Å²) in [5.74, 6) is -0.249. The van der Waals surface area contributed by atoms with Crippen LogP contribution < -0.4 is 4.90 Å². The number of benzene rings is 1. The summed E-state index contributed by atoms with van der Waals surface area (Å²) >= 11 is 9.60. The van der Waals surface area contributed by atoms with Gasteiger partial charge in [-0.05, 0) is 31.0 Å². The highest BCUT2D eigenvalue weighted by molar-refractivity contribution is 9.09. The Morgan fingerprint density at radius 2 is 2.22 bits per heavy atom. The van der Waals surface area contributed by atoms with Crippen molar-refractivity contribution in [3.05, 3.63) is 28.8 Å². The number of likely N-dealkylation sites (N-methyl/N-ethyl adjacent to an activating group) is 1. The summed E-state index contributed by atoms with van der Waals surface area (Å²) in [5, 5.41) is 1.56. The van der Waals surface area contributed by atoms with Gasteiger partial charge in [0.2, 0.25) is 0 Å². The number of carbonyl (C=O) groups excluding carboxylic acids is 1. The number of hydrogen-bond acceptors (Lipinski definition) is 3. The fourth-order valence-corrected chi connectivity index (χ4v) is 2.42. The first-order valence-corrected chi connectivity index (χ1v) is 7.29. The molecular weight excluding hydrogens is 318 g/mol. The van der Waals surface area contributed by atoms with E-state index in [1.165, 1.54) is 5.56 Å². The molecule has 100 valence electrons. The van der Waals surface area contributed by atoms with E-state index in [4.69, 9.17) is 16.3 Å². The molecule has 0 N–H and O–H groups in total. The van der Waals surface area contributed by atoms with Gasteiger partial charge in [-0.1, -0.05) is 33.6 Å². The third-order valence-corrected chi connectivity index (χ3v) is 3.18. The maximum absolute atomic E-state index is 11.4. The summed E-state index contributed by atoms with van der Waals surface area (Å²) in [6, 6.07) is 5.88. The molecule has 0 amide bonds. The molecule has 0 saturated carbocycles. The van der Waals surface area contributed by atoms with Gasteiger partial charge in [0.25, 0.3) is 0 Å². The fraction of sp³-hybridized carbons (Fsp3) is 0.462. The lowest BCUT2D eigenvalue weighted by molar-refractivity contribution is -0.141. The number of nitrogens with zero attached hydrogens (tertiary/aromatic N) is 1. The van der Waals surface area contributed by atoms with Crippen molar-refractivity contribution >= 4 is 39.2 Å². The zero-order valence-corrected chi connectivity index (χ0v) is 12.9. The van der Waals surface area contributed by atoms with E-state index in [0.29, 0.717) is 11.6 Å². The molecule has 0 unspecified atom stereocenters. The number of rotatable bonds is 6. The van der Waals surface area contributed by atoms with E-state index >= 15 is 0 Å². The number of esters is 1. The zero-order valence-electron chi connectivity index (χ0n) is 10.6. The summed E-state index contributed by atoms with van der Waals surface area (Å²) in [6.45, 7) is 2.38. The number of halogens is 2. The van der Waals surface area contributed by atoms with Crippen molar-refractivity contribution in [2.75, 3.05) is 30.4 Å². The number of anilines is 1. The average molecular weight is 335 g/mol. The predicted octanol–water partition coefficient (Wildman–Crippen LogP) is 3.28. The molecule has 0 bridgehead atoms. The van der Waals surface area contributed by atoms with E-state index < -0.39 is 0 Å². The van der Waals surface area contributed by atoms with Crippen LogP contribution >= 0.6 is 27.5 Å². The molecule has 1 aromatic carbocycles. The number of hydrogen-bond donors (Lipinski definition) is 0. The van der Waals surface area contributed by atoms with Crippen molar-refractivity contribution in [3.8, 4) is 0 Å². The van der Waals surface area contributed by atoms with E-state index in [9.17, 15) is 4.79 Å². The Hall–Kier alpha value is -0.740. The molecule has 0 saturated heterocycles. The van der Waals surface area contributed by atoms with Gasteiger partial charge in [0.05, 0.1) is 17.3 Å². The topological polar surface area (TPSA) is 29.5 Å². The largest absolute Gasteiger partial charge is 0.465 e. The molecule has 0 heterocycles. The lowest BCUT2D eigenvalue weighted by atomic mass is 10.1. The smallest absolute Gasteiger partial charge is 0.325 e. The number of ether oxygens (including phenoxy) is 1. The second-order valence-electron chi connectivity index (χ2n) is 3.89. The van der Waals surface area contributed by atoms with Crippen LogP contribution in [0.1, 0.15) is 12.5 Å². The monoisotopic (exact) mass is 333 g/mol. The zero-order chi connectivity index (χ0) is 13.5. The normalized spacial score (nSPS) is 10.2. The maximum atomic E-state index is 11.4. The SMILES string of the molecule is CCOC(=O)CN(C)c1ccc(CCBr)cc1Cl. The molecule has 0 atom stereocenters. The fourth-order valence-electron chi connectivity index (χ4n) is 1.61. The highest BCUT2D eigenvalue weighted by atomic mass is 79.9. The average Bonchev–Trinajstić information content (AvgIpc) is 2.29. The lowest BCUT2D eigenvalue weighted by Crippen LogP contribution is -2.27. The van der Waals surface area contributed by atoms with E-state index in [1.807, 2.05) is 25.2 Å². The number of alkyl halides is 1. The maximum Gasteiger partial charge on any atom is 0.325 e. The van der Waals surface area contributed by atoms with Gasteiger partial charge in [-0.2, -0.15) is 0 Å². The summed E-state index contributed by atoms with van der Waals surface area (Å²) in [4.78, 5) is 13.2. The Labute approximate surface area is 121 Å². The Balaban J connectivity index is 2.73.